The van der Waals surface area contributed by atoms with E-state index in [-0.39, 0.29) is 0 Å². The molecule has 0 radical (unpaired) electrons. The summed E-state index contributed by atoms with van der Waals surface area (Å²) in [4.78, 5) is 5.36. The van der Waals surface area contributed by atoms with E-state index in [1.807, 2.05) is 0 Å². The van der Waals surface area contributed by atoms with Gasteiger partial charge in [-0.05, 0) is 39.7 Å². The summed E-state index contributed by atoms with van der Waals surface area (Å²) in [6.45, 7) is 14.8. The Labute approximate surface area is 124 Å². The zero-order chi connectivity index (χ0) is 14.0. The molecule has 0 aromatic carbocycles. The van der Waals surface area contributed by atoms with Crippen LogP contribution in [0.2, 0.25) is 0 Å². The Bertz CT molecular complexity index is 300. The lowest BCUT2D eigenvalue weighted by Crippen LogP contribution is -2.60. The number of piperazine rings is 1. The van der Waals surface area contributed by atoms with Crippen LogP contribution in [0.15, 0.2) is 0 Å². The van der Waals surface area contributed by atoms with E-state index in [9.17, 15) is 0 Å². The van der Waals surface area contributed by atoms with E-state index in [0.29, 0.717) is 5.41 Å². The number of nitrogens with one attached hydrogen (secondary N) is 2. The first kappa shape index (κ1) is 14.8. The third-order valence-corrected chi connectivity index (χ3v) is 5.81. The summed E-state index contributed by atoms with van der Waals surface area (Å²) < 4.78 is 0. The van der Waals surface area contributed by atoms with E-state index in [1.165, 1.54) is 71.6 Å². The van der Waals surface area contributed by atoms with Crippen molar-refractivity contribution in [2.75, 3.05) is 52.4 Å². The number of hydrogen-bond acceptors (Lipinski definition) is 4. The minimum Gasteiger partial charge on any atom is -0.316 e. The monoisotopic (exact) mass is 280 g/mol. The maximum atomic E-state index is 3.53. The molecule has 0 aliphatic carbocycles. The van der Waals surface area contributed by atoms with Crippen LogP contribution in [0.5, 0.6) is 0 Å². The first-order chi connectivity index (χ1) is 9.69. The second-order valence-electron chi connectivity index (χ2n) is 7.39. The summed E-state index contributed by atoms with van der Waals surface area (Å²) in [5.41, 5.74) is 0.651. The van der Waals surface area contributed by atoms with E-state index >= 15 is 0 Å². The molecule has 0 saturated carbocycles. The van der Waals surface area contributed by atoms with Gasteiger partial charge in [-0.2, -0.15) is 0 Å². The van der Waals surface area contributed by atoms with Crippen molar-refractivity contribution in [2.24, 2.45) is 5.41 Å². The number of nitrogens with zero attached hydrogens (tertiary/aromatic N) is 2. The summed E-state index contributed by atoms with van der Waals surface area (Å²) in [7, 11) is 0. The summed E-state index contributed by atoms with van der Waals surface area (Å²) in [5.74, 6) is 0. The van der Waals surface area contributed by atoms with Crippen molar-refractivity contribution in [2.45, 2.75) is 45.2 Å². The molecule has 0 amide bonds. The van der Waals surface area contributed by atoms with Gasteiger partial charge in [0.05, 0.1) is 0 Å². The highest BCUT2D eigenvalue weighted by molar-refractivity contribution is 5.01. The Morgan fingerprint density at radius 2 is 1.55 bits per heavy atom. The van der Waals surface area contributed by atoms with Gasteiger partial charge in [0, 0.05) is 63.3 Å². The fraction of sp³-hybridized carbons (Fsp3) is 1.00. The topological polar surface area (TPSA) is 30.5 Å². The van der Waals surface area contributed by atoms with Crippen molar-refractivity contribution < 1.29 is 0 Å². The SMILES string of the molecule is CC(CCC(C)N1CC2(CCNC2)C1)N1CCNCC1. The van der Waals surface area contributed by atoms with Crippen LogP contribution in [0.3, 0.4) is 0 Å². The van der Waals surface area contributed by atoms with E-state index in [0.717, 1.165) is 12.1 Å². The fourth-order valence-electron chi connectivity index (χ4n) is 4.16. The molecule has 3 aliphatic heterocycles. The first-order valence-corrected chi connectivity index (χ1v) is 8.58. The quantitative estimate of drug-likeness (QED) is 0.778. The molecule has 3 aliphatic rings. The average Bonchev–Trinajstić information content (AvgIpc) is 2.93. The molecule has 0 aromatic heterocycles. The summed E-state index contributed by atoms with van der Waals surface area (Å²) in [5, 5.41) is 6.97. The van der Waals surface area contributed by atoms with E-state index < -0.39 is 0 Å². The Balaban J connectivity index is 1.36. The van der Waals surface area contributed by atoms with Crippen LogP contribution in [0, 0.1) is 5.41 Å². The number of rotatable bonds is 5. The van der Waals surface area contributed by atoms with Crippen molar-refractivity contribution in [3.63, 3.8) is 0 Å². The molecule has 20 heavy (non-hydrogen) atoms. The molecule has 3 heterocycles. The van der Waals surface area contributed by atoms with Crippen LogP contribution in [-0.4, -0.2) is 74.2 Å². The van der Waals surface area contributed by atoms with Gasteiger partial charge in [0.2, 0.25) is 0 Å². The number of likely N-dealkylation sites (tertiary alicyclic amines) is 1. The van der Waals surface area contributed by atoms with E-state index in [1.54, 1.807) is 0 Å². The second kappa shape index (κ2) is 6.30. The van der Waals surface area contributed by atoms with Gasteiger partial charge in [-0.3, -0.25) is 9.80 Å². The lowest BCUT2D eigenvalue weighted by molar-refractivity contribution is -0.0169. The summed E-state index contributed by atoms with van der Waals surface area (Å²) >= 11 is 0. The molecule has 0 aromatic rings. The highest BCUT2D eigenvalue weighted by Crippen LogP contribution is 2.37. The second-order valence-corrected chi connectivity index (χ2v) is 7.39. The van der Waals surface area contributed by atoms with Crippen molar-refractivity contribution in [3.8, 4) is 0 Å². The van der Waals surface area contributed by atoms with Crippen LogP contribution in [-0.2, 0) is 0 Å². The van der Waals surface area contributed by atoms with Gasteiger partial charge in [0.1, 0.15) is 0 Å². The molecule has 2 atom stereocenters. The van der Waals surface area contributed by atoms with Gasteiger partial charge in [-0.15, -0.1) is 0 Å². The zero-order valence-electron chi connectivity index (χ0n) is 13.3. The van der Waals surface area contributed by atoms with Crippen LogP contribution >= 0.6 is 0 Å². The molecule has 1 spiro atoms. The third-order valence-electron chi connectivity index (χ3n) is 5.81. The van der Waals surface area contributed by atoms with Gasteiger partial charge in [0.25, 0.3) is 0 Å². The van der Waals surface area contributed by atoms with Crippen molar-refractivity contribution >= 4 is 0 Å². The minimum atomic E-state index is 0.651. The standard InChI is InChI=1S/C16H32N4/c1-14(19-9-7-17-8-10-19)3-4-15(2)20-12-16(13-20)5-6-18-11-16/h14-15,17-18H,3-13H2,1-2H3. The van der Waals surface area contributed by atoms with Crippen molar-refractivity contribution in [1.82, 2.24) is 20.4 Å². The maximum Gasteiger partial charge on any atom is 0.0110 e. The smallest absolute Gasteiger partial charge is 0.0110 e. The molecule has 3 fully saturated rings. The molecule has 4 nitrogen and oxygen atoms in total. The third kappa shape index (κ3) is 3.19. The normalized spacial score (nSPS) is 30.3. The predicted molar refractivity (Wildman–Crippen MR) is 84.1 cm³/mol. The Morgan fingerprint density at radius 3 is 2.15 bits per heavy atom. The Kier molecular flexibility index (Phi) is 4.65. The Hall–Kier alpha value is -0.160. The summed E-state index contributed by atoms with van der Waals surface area (Å²) in [6.07, 6.45) is 4.10. The molecule has 2 N–H and O–H groups in total. The fourth-order valence-corrected chi connectivity index (χ4v) is 4.16. The van der Waals surface area contributed by atoms with Gasteiger partial charge in [-0.25, -0.2) is 0 Å². The molecule has 3 rings (SSSR count). The molecule has 2 unspecified atom stereocenters. The van der Waals surface area contributed by atoms with Crippen LogP contribution in [0.4, 0.5) is 0 Å². The van der Waals surface area contributed by atoms with Crippen LogP contribution < -0.4 is 10.6 Å². The molecule has 116 valence electrons. The van der Waals surface area contributed by atoms with Crippen LogP contribution in [0.1, 0.15) is 33.1 Å². The number of hydrogen-bond donors (Lipinski definition) is 2. The highest BCUT2D eigenvalue weighted by atomic mass is 15.3. The maximum absolute atomic E-state index is 3.53. The average molecular weight is 280 g/mol. The lowest BCUT2D eigenvalue weighted by atomic mass is 9.78. The van der Waals surface area contributed by atoms with Gasteiger partial charge in [-0.1, -0.05) is 0 Å². The molecule has 4 heteroatoms. The molecule has 0 bridgehead atoms. The van der Waals surface area contributed by atoms with E-state index in [2.05, 4.69) is 34.3 Å². The zero-order valence-corrected chi connectivity index (χ0v) is 13.3. The van der Waals surface area contributed by atoms with Crippen LogP contribution in [0.25, 0.3) is 0 Å². The molecule has 3 saturated heterocycles. The molecular formula is C16H32N4. The largest absolute Gasteiger partial charge is 0.316 e. The van der Waals surface area contributed by atoms with E-state index in [4.69, 9.17) is 0 Å². The van der Waals surface area contributed by atoms with Gasteiger partial charge < -0.3 is 10.6 Å². The first-order valence-electron chi connectivity index (χ1n) is 8.58. The van der Waals surface area contributed by atoms with Gasteiger partial charge >= 0.3 is 0 Å². The highest BCUT2D eigenvalue weighted by Gasteiger charge is 2.45. The Morgan fingerprint density at radius 1 is 0.900 bits per heavy atom. The molecular weight excluding hydrogens is 248 g/mol. The van der Waals surface area contributed by atoms with Crippen molar-refractivity contribution in [1.29, 1.82) is 0 Å². The van der Waals surface area contributed by atoms with Gasteiger partial charge in [0.15, 0.2) is 0 Å². The predicted octanol–water partition coefficient (Wildman–Crippen LogP) is 0.744. The lowest BCUT2D eigenvalue weighted by Gasteiger charge is -2.51. The summed E-state index contributed by atoms with van der Waals surface area (Å²) in [6, 6.07) is 1.52. The van der Waals surface area contributed by atoms with Crippen molar-refractivity contribution in [3.05, 3.63) is 0 Å². The minimum absolute atomic E-state index is 0.651.